The highest BCUT2D eigenvalue weighted by Gasteiger charge is 1.99. The van der Waals surface area contributed by atoms with Crippen LogP contribution in [-0.2, 0) is 0 Å². The van der Waals surface area contributed by atoms with E-state index >= 15 is 0 Å². The smallest absolute Gasteiger partial charge is 0.133 e. The summed E-state index contributed by atoms with van der Waals surface area (Å²) in [6.45, 7) is 0. The lowest BCUT2D eigenvalue weighted by Crippen LogP contribution is -1.91. The summed E-state index contributed by atoms with van der Waals surface area (Å²) in [5, 5.41) is 4.86. The van der Waals surface area contributed by atoms with Crippen molar-refractivity contribution in [3.05, 3.63) is 57.5 Å². The van der Waals surface area contributed by atoms with Crippen LogP contribution in [0.15, 0.2) is 52.0 Å². The van der Waals surface area contributed by atoms with Crippen LogP contribution >= 0.6 is 27.5 Å². The van der Waals surface area contributed by atoms with Crippen molar-refractivity contribution in [2.75, 3.05) is 12.5 Å². The molecule has 0 unspecified atom stereocenters. The lowest BCUT2D eigenvalue weighted by molar-refractivity contribution is 0.412. The summed E-state index contributed by atoms with van der Waals surface area (Å²) in [7, 11) is 1.63. The molecule has 0 aromatic heterocycles. The van der Waals surface area contributed by atoms with Gasteiger partial charge in [0.25, 0.3) is 0 Å². The maximum absolute atomic E-state index is 5.80. The maximum atomic E-state index is 5.80. The molecule has 2 rings (SSSR count). The van der Waals surface area contributed by atoms with E-state index < -0.39 is 0 Å². The molecule has 0 saturated carbocycles. The largest absolute Gasteiger partial charge is 0.496 e. The number of ether oxygens (including phenoxy) is 1. The first-order chi connectivity index (χ1) is 9.19. The molecular weight excluding hydrogens is 328 g/mol. The first-order valence-electron chi connectivity index (χ1n) is 5.57. The van der Waals surface area contributed by atoms with E-state index in [9.17, 15) is 0 Å². The highest BCUT2D eigenvalue weighted by Crippen LogP contribution is 2.24. The minimum Gasteiger partial charge on any atom is -0.496 e. The second-order valence-electron chi connectivity index (χ2n) is 3.77. The summed E-state index contributed by atoms with van der Waals surface area (Å²) in [5.41, 5.74) is 4.78. The van der Waals surface area contributed by atoms with Crippen molar-refractivity contribution in [1.29, 1.82) is 0 Å². The fourth-order valence-electron chi connectivity index (χ4n) is 1.47. The standard InChI is InChI=1S/C14H12BrClN2O/c1-19-14-7-2-10(8-13(14)15)9-17-18-12-5-3-11(16)4-6-12/h2-9,18H,1H3/b17-9+. The third-order valence-corrected chi connectivity index (χ3v) is 3.30. The van der Waals surface area contributed by atoms with Crippen LogP contribution in [0.1, 0.15) is 5.56 Å². The van der Waals surface area contributed by atoms with Gasteiger partial charge in [-0.1, -0.05) is 11.6 Å². The number of rotatable bonds is 4. The Morgan fingerprint density at radius 3 is 2.58 bits per heavy atom. The van der Waals surface area contributed by atoms with Crippen molar-refractivity contribution in [3.8, 4) is 5.75 Å². The van der Waals surface area contributed by atoms with Gasteiger partial charge in [0.15, 0.2) is 0 Å². The van der Waals surface area contributed by atoms with Gasteiger partial charge in [0.05, 0.1) is 23.5 Å². The molecule has 19 heavy (non-hydrogen) atoms. The SMILES string of the molecule is COc1ccc(/C=N/Nc2ccc(Cl)cc2)cc1Br. The Kier molecular flexibility index (Phi) is 4.82. The minimum atomic E-state index is 0.702. The molecule has 0 radical (unpaired) electrons. The Bertz CT molecular complexity index is 584. The van der Waals surface area contributed by atoms with Gasteiger partial charge in [-0.25, -0.2) is 0 Å². The van der Waals surface area contributed by atoms with E-state index in [4.69, 9.17) is 16.3 Å². The summed E-state index contributed by atoms with van der Waals surface area (Å²) >= 11 is 9.23. The molecule has 98 valence electrons. The van der Waals surface area contributed by atoms with Crippen LogP contribution < -0.4 is 10.2 Å². The summed E-state index contributed by atoms with van der Waals surface area (Å²) < 4.78 is 6.06. The van der Waals surface area contributed by atoms with Crippen LogP contribution in [0.4, 0.5) is 5.69 Å². The molecule has 0 fully saturated rings. The summed E-state index contributed by atoms with van der Waals surface area (Å²) in [4.78, 5) is 0. The Labute approximate surface area is 125 Å². The molecule has 5 heteroatoms. The molecule has 0 aliphatic carbocycles. The molecule has 0 bridgehead atoms. The van der Waals surface area contributed by atoms with E-state index in [1.165, 1.54) is 0 Å². The van der Waals surface area contributed by atoms with Crippen LogP contribution in [0.5, 0.6) is 5.75 Å². The molecule has 1 N–H and O–H groups in total. The van der Waals surface area contributed by atoms with Gasteiger partial charge in [-0.05, 0) is 64.0 Å². The Balaban J connectivity index is 2.02. The number of benzene rings is 2. The van der Waals surface area contributed by atoms with Crippen LogP contribution in [0.25, 0.3) is 0 Å². The lowest BCUT2D eigenvalue weighted by atomic mass is 10.2. The molecule has 2 aromatic carbocycles. The number of hydrogen-bond acceptors (Lipinski definition) is 3. The molecule has 0 aliphatic rings. The number of halogens is 2. The molecule has 0 atom stereocenters. The molecule has 0 aliphatic heterocycles. The van der Waals surface area contributed by atoms with Crippen LogP contribution in [0, 0.1) is 0 Å². The van der Waals surface area contributed by atoms with Gasteiger partial charge in [0.2, 0.25) is 0 Å². The van der Waals surface area contributed by atoms with Gasteiger partial charge in [0, 0.05) is 5.02 Å². The zero-order valence-corrected chi connectivity index (χ0v) is 12.6. The Morgan fingerprint density at radius 1 is 1.21 bits per heavy atom. The first kappa shape index (κ1) is 13.9. The summed E-state index contributed by atoms with van der Waals surface area (Å²) in [6, 6.07) is 13.1. The Morgan fingerprint density at radius 2 is 1.95 bits per heavy atom. The number of hydrazone groups is 1. The van der Waals surface area contributed by atoms with Crippen molar-refractivity contribution in [2.45, 2.75) is 0 Å². The van der Waals surface area contributed by atoms with Crippen LogP contribution in [0.2, 0.25) is 5.02 Å². The molecular formula is C14H12BrClN2O. The number of methoxy groups -OCH3 is 1. The summed E-state index contributed by atoms with van der Waals surface area (Å²) in [6.07, 6.45) is 1.73. The average Bonchev–Trinajstić information content (AvgIpc) is 2.41. The third kappa shape index (κ3) is 3.98. The van der Waals surface area contributed by atoms with Crippen molar-refractivity contribution in [1.82, 2.24) is 0 Å². The third-order valence-electron chi connectivity index (χ3n) is 2.43. The second-order valence-corrected chi connectivity index (χ2v) is 5.06. The van der Waals surface area contributed by atoms with E-state index in [0.29, 0.717) is 5.02 Å². The van der Waals surface area contributed by atoms with Crippen LogP contribution in [-0.4, -0.2) is 13.3 Å². The molecule has 3 nitrogen and oxygen atoms in total. The quantitative estimate of drug-likeness (QED) is 0.654. The zero-order valence-electron chi connectivity index (χ0n) is 10.2. The molecule has 0 saturated heterocycles. The normalized spacial score (nSPS) is 10.7. The van der Waals surface area contributed by atoms with Gasteiger partial charge in [0.1, 0.15) is 5.75 Å². The minimum absolute atomic E-state index is 0.702. The van der Waals surface area contributed by atoms with Gasteiger partial charge >= 0.3 is 0 Å². The topological polar surface area (TPSA) is 33.6 Å². The highest BCUT2D eigenvalue weighted by atomic mass is 79.9. The van der Waals surface area contributed by atoms with Crippen molar-refractivity contribution in [2.24, 2.45) is 5.10 Å². The number of nitrogens with one attached hydrogen (secondary N) is 1. The number of hydrogen-bond donors (Lipinski definition) is 1. The molecule has 2 aromatic rings. The maximum Gasteiger partial charge on any atom is 0.133 e. The van der Waals surface area contributed by atoms with E-state index in [1.807, 2.05) is 42.5 Å². The Hall–Kier alpha value is -1.52. The molecule has 0 amide bonds. The van der Waals surface area contributed by atoms with E-state index in [1.54, 1.807) is 13.3 Å². The van der Waals surface area contributed by atoms with Gasteiger partial charge in [-0.3, -0.25) is 5.43 Å². The van der Waals surface area contributed by atoms with E-state index in [2.05, 4.69) is 26.5 Å². The van der Waals surface area contributed by atoms with E-state index in [-0.39, 0.29) is 0 Å². The van der Waals surface area contributed by atoms with Gasteiger partial charge < -0.3 is 4.74 Å². The summed E-state index contributed by atoms with van der Waals surface area (Å²) in [5.74, 6) is 0.794. The van der Waals surface area contributed by atoms with Crippen molar-refractivity contribution < 1.29 is 4.74 Å². The number of nitrogens with zero attached hydrogens (tertiary/aromatic N) is 1. The van der Waals surface area contributed by atoms with Crippen molar-refractivity contribution >= 4 is 39.4 Å². The highest BCUT2D eigenvalue weighted by molar-refractivity contribution is 9.10. The fraction of sp³-hybridized carbons (Fsp3) is 0.0714. The fourth-order valence-corrected chi connectivity index (χ4v) is 2.15. The lowest BCUT2D eigenvalue weighted by Gasteiger charge is -2.03. The van der Waals surface area contributed by atoms with Crippen LogP contribution in [0.3, 0.4) is 0 Å². The van der Waals surface area contributed by atoms with Gasteiger partial charge in [-0.15, -0.1) is 0 Å². The van der Waals surface area contributed by atoms with Crippen molar-refractivity contribution in [3.63, 3.8) is 0 Å². The zero-order chi connectivity index (χ0) is 13.7. The monoisotopic (exact) mass is 338 g/mol. The average molecular weight is 340 g/mol. The molecule has 0 heterocycles. The second kappa shape index (κ2) is 6.59. The van der Waals surface area contributed by atoms with Gasteiger partial charge in [-0.2, -0.15) is 5.10 Å². The first-order valence-corrected chi connectivity index (χ1v) is 6.74. The predicted octanol–water partition coefficient (Wildman–Crippen LogP) is 4.56. The van der Waals surface area contributed by atoms with E-state index in [0.717, 1.165) is 21.5 Å². The number of anilines is 1. The predicted molar refractivity (Wildman–Crippen MR) is 83.4 cm³/mol. The molecule has 0 spiro atoms.